The summed E-state index contributed by atoms with van der Waals surface area (Å²) in [5.74, 6) is 0.561. The summed E-state index contributed by atoms with van der Waals surface area (Å²) in [7, 11) is 0. The number of hydrogen-bond acceptors (Lipinski definition) is 4. The van der Waals surface area contributed by atoms with Gasteiger partial charge in [-0.15, -0.1) is 0 Å². The highest BCUT2D eigenvalue weighted by atomic mass is 79.9. The molecule has 0 radical (unpaired) electrons. The first kappa shape index (κ1) is 11.8. The van der Waals surface area contributed by atoms with E-state index in [9.17, 15) is 0 Å². The van der Waals surface area contributed by atoms with Crippen LogP contribution >= 0.6 is 27.5 Å². The van der Waals surface area contributed by atoms with Gasteiger partial charge in [-0.2, -0.15) is 5.26 Å². The van der Waals surface area contributed by atoms with E-state index in [-0.39, 0.29) is 11.6 Å². The normalized spacial score (nSPS) is 9.71. The maximum Gasteiger partial charge on any atom is 0.256 e. The summed E-state index contributed by atoms with van der Waals surface area (Å²) in [5.41, 5.74) is 0.117. The molecule has 84 valence electrons. The van der Waals surface area contributed by atoms with Gasteiger partial charge >= 0.3 is 0 Å². The monoisotopic (exact) mass is 309 g/mol. The summed E-state index contributed by atoms with van der Waals surface area (Å²) in [5, 5.41) is 9.26. The molecule has 1 heterocycles. The average Bonchev–Trinajstić information content (AvgIpc) is 2.33. The number of ether oxygens (including phenoxy) is 1. The number of aromatic nitrogens is 2. The Morgan fingerprint density at radius 1 is 1.29 bits per heavy atom. The van der Waals surface area contributed by atoms with Crippen molar-refractivity contribution in [1.29, 1.82) is 5.26 Å². The first-order valence-corrected chi connectivity index (χ1v) is 5.72. The van der Waals surface area contributed by atoms with Crippen molar-refractivity contribution in [2.45, 2.75) is 0 Å². The van der Waals surface area contributed by atoms with E-state index in [2.05, 4.69) is 25.9 Å². The fourth-order valence-electron chi connectivity index (χ4n) is 1.14. The van der Waals surface area contributed by atoms with Gasteiger partial charge in [0.25, 0.3) is 5.88 Å². The molecule has 0 fully saturated rings. The maximum absolute atomic E-state index is 8.84. The van der Waals surface area contributed by atoms with Crippen LogP contribution < -0.4 is 4.74 Å². The van der Waals surface area contributed by atoms with Crippen LogP contribution in [0.15, 0.2) is 35.1 Å². The third-order valence-corrected chi connectivity index (χ3v) is 2.66. The van der Waals surface area contributed by atoms with Crippen LogP contribution in [0.4, 0.5) is 0 Å². The minimum atomic E-state index is 0.117. The second kappa shape index (κ2) is 5.13. The summed E-state index contributed by atoms with van der Waals surface area (Å²) < 4.78 is 6.28. The molecule has 0 spiro atoms. The molecule has 17 heavy (non-hydrogen) atoms. The third-order valence-electron chi connectivity index (χ3n) is 1.87. The molecule has 4 nitrogen and oxygen atoms in total. The highest BCUT2D eigenvalue weighted by molar-refractivity contribution is 9.10. The number of nitriles is 1. The topological polar surface area (TPSA) is 58.8 Å². The van der Waals surface area contributed by atoms with Gasteiger partial charge in [-0.25, -0.2) is 9.97 Å². The van der Waals surface area contributed by atoms with Crippen LogP contribution in [0.25, 0.3) is 0 Å². The largest absolute Gasteiger partial charge is 0.435 e. The van der Waals surface area contributed by atoms with Crippen molar-refractivity contribution in [2.24, 2.45) is 0 Å². The fourth-order valence-corrected chi connectivity index (χ4v) is 1.85. The lowest BCUT2D eigenvalue weighted by Gasteiger charge is -2.07. The Balaban J connectivity index is 2.35. The first-order chi connectivity index (χ1) is 8.20. The number of rotatable bonds is 2. The highest BCUT2D eigenvalue weighted by Gasteiger charge is 2.09. The van der Waals surface area contributed by atoms with E-state index in [1.807, 2.05) is 6.07 Å². The van der Waals surface area contributed by atoms with Crippen molar-refractivity contribution in [1.82, 2.24) is 9.97 Å². The van der Waals surface area contributed by atoms with Crippen molar-refractivity contribution in [2.75, 3.05) is 0 Å². The second-order valence-electron chi connectivity index (χ2n) is 3.00. The lowest BCUT2D eigenvalue weighted by molar-refractivity contribution is 0.458. The molecule has 0 saturated carbocycles. The zero-order chi connectivity index (χ0) is 12.3. The van der Waals surface area contributed by atoms with E-state index in [0.717, 1.165) is 4.47 Å². The minimum Gasteiger partial charge on any atom is -0.435 e. The summed E-state index contributed by atoms with van der Waals surface area (Å²) >= 11 is 9.28. The van der Waals surface area contributed by atoms with Crippen LogP contribution in [0, 0.1) is 11.3 Å². The molecule has 0 N–H and O–H groups in total. The molecule has 2 aromatic rings. The Kier molecular flexibility index (Phi) is 3.57. The molecule has 6 heteroatoms. The zero-order valence-corrected chi connectivity index (χ0v) is 10.7. The third kappa shape index (κ3) is 2.73. The van der Waals surface area contributed by atoms with Gasteiger partial charge in [-0.3, -0.25) is 0 Å². The Labute approximate surface area is 111 Å². The molecule has 1 aromatic carbocycles. The Hall–Kier alpha value is -1.64. The maximum atomic E-state index is 8.84. The number of benzene rings is 1. The van der Waals surface area contributed by atoms with Gasteiger partial charge in [0.1, 0.15) is 11.8 Å². The molecule has 0 unspecified atom stereocenters. The van der Waals surface area contributed by atoms with Crippen LogP contribution in [0.3, 0.4) is 0 Å². The molecule has 0 aliphatic heterocycles. The number of halogens is 2. The first-order valence-electron chi connectivity index (χ1n) is 4.54. The van der Waals surface area contributed by atoms with Gasteiger partial charge in [0, 0.05) is 16.9 Å². The second-order valence-corrected chi connectivity index (χ2v) is 4.32. The van der Waals surface area contributed by atoms with Crippen molar-refractivity contribution in [3.8, 4) is 17.7 Å². The van der Waals surface area contributed by atoms with Crippen LogP contribution in [-0.2, 0) is 0 Å². The minimum absolute atomic E-state index is 0.117. The number of nitrogens with zero attached hydrogens (tertiary/aromatic N) is 3. The highest BCUT2D eigenvalue weighted by Crippen LogP contribution is 2.31. The van der Waals surface area contributed by atoms with Crippen LogP contribution in [0.2, 0.25) is 5.02 Å². The Morgan fingerprint density at radius 3 is 2.76 bits per heavy atom. The van der Waals surface area contributed by atoms with Crippen molar-refractivity contribution >= 4 is 27.5 Å². The molecule has 0 saturated heterocycles. The summed E-state index contributed by atoms with van der Waals surface area (Å²) in [6, 6.07) is 7.05. The van der Waals surface area contributed by atoms with Crippen LogP contribution in [0.5, 0.6) is 11.6 Å². The molecule has 0 aliphatic rings. The molecule has 1 aromatic heterocycles. The predicted octanol–water partition coefficient (Wildman–Crippen LogP) is 3.56. The zero-order valence-electron chi connectivity index (χ0n) is 8.39. The van der Waals surface area contributed by atoms with Crippen molar-refractivity contribution in [3.05, 3.63) is 45.8 Å². The Bertz CT molecular complexity index is 598. The van der Waals surface area contributed by atoms with E-state index in [1.54, 1.807) is 18.2 Å². The van der Waals surface area contributed by atoms with Gasteiger partial charge < -0.3 is 4.74 Å². The molecular formula is C11H5BrClN3O. The average molecular weight is 311 g/mol. The fraction of sp³-hybridized carbons (Fsp3) is 0. The van der Waals surface area contributed by atoms with Gasteiger partial charge in [0.2, 0.25) is 5.69 Å². The van der Waals surface area contributed by atoms with Gasteiger partial charge in [-0.05, 0) is 18.2 Å². The van der Waals surface area contributed by atoms with Crippen LogP contribution in [-0.4, -0.2) is 9.97 Å². The van der Waals surface area contributed by atoms with E-state index >= 15 is 0 Å². The lowest BCUT2D eigenvalue weighted by Crippen LogP contribution is -1.94. The molecular weight excluding hydrogens is 305 g/mol. The quantitative estimate of drug-likeness (QED) is 0.851. The van der Waals surface area contributed by atoms with E-state index < -0.39 is 0 Å². The van der Waals surface area contributed by atoms with Crippen molar-refractivity contribution < 1.29 is 4.74 Å². The van der Waals surface area contributed by atoms with Gasteiger partial charge in [0.15, 0.2) is 0 Å². The van der Waals surface area contributed by atoms with Gasteiger partial charge in [-0.1, -0.05) is 27.5 Å². The summed E-state index contributed by atoms with van der Waals surface area (Å²) in [6.45, 7) is 0. The van der Waals surface area contributed by atoms with Crippen molar-refractivity contribution in [3.63, 3.8) is 0 Å². The summed E-state index contributed by atoms with van der Waals surface area (Å²) in [6.07, 6.45) is 2.87. The molecule has 2 rings (SSSR count). The van der Waals surface area contributed by atoms with E-state index in [0.29, 0.717) is 10.8 Å². The van der Waals surface area contributed by atoms with E-state index in [4.69, 9.17) is 21.6 Å². The van der Waals surface area contributed by atoms with E-state index in [1.165, 1.54) is 12.4 Å². The molecule has 0 amide bonds. The SMILES string of the molecule is N#Cc1nccnc1Oc1ccc(Br)cc1Cl. The molecule has 0 bridgehead atoms. The lowest BCUT2D eigenvalue weighted by atomic mass is 10.3. The number of hydrogen-bond donors (Lipinski definition) is 0. The summed E-state index contributed by atoms with van der Waals surface area (Å²) in [4.78, 5) is 7.77. The predicted molar refractivity (Wildman–Crippen MR) is 66.0 cm³/mol. The molecule has 0 atom stereocenters. The van der Waals surface area contributed by atoms with Gasteiger partial charge in [0.05, 0.1) is 5.02 Å². The Morgan fingerprint density at radius 2 is 2.06 bits per heavy atom. The molecule has 0 aliphatic carbocycles. The standard InChI is InChI=1S/C11H5BrClN3O/c12-7-1-2-10(8(13)5-7)17-11-9(6-14)15-3-4-16-11/h1-5H. The smallest absolute Gasteiger partial charge is 0.256 e. The van der Waals surface area contributed by atoms with Crippen LogP contribution in [0.1, 0.15) is 5.69 Å².